The second-order valence-electron chi connectivity index (χ2n) is 7.99. The van der Waals surface area contributed by atoms with Gasteiger partial charge in [0, 0.05) is 43.2 Å². The fourth-order valence-electron chi connectivity index (χ4n) is 4.10. The monoisotopic (exact) mass is 465 g/mol. The van der Waals surface area contributed by atoms with Crippen molar-refractivity contribution in [2.75, 3.05) is 32.7 Å². The summed E-state index contributed by atoms with van der Waals surface area (Å²) >= 11 is 12.2. The molecule has 3 heterocycles. The van der Waals surface area contributed by atoms with E-state index in [4.69, 9.17) is 27.7 Å². The lowest BCUT2D eigenvalue weighted by molar-refractivity contribution is -0.129. The third-order valence-electron chi connectivity index (χ3n) is 5.73. The quantitative estimate of drug-likeness (QED) is 0.675. The minimum Gasteiger partial charge on any atom is -0.354 e. The molecule has 0 radical (unpaired) electrons. The summed E-state index contributed by atoms with van der Waals surface area (Å²) in [4.78, 5) is 32.7. The molecule has 4 rings (SSSR count). The maximum absolute atomic E-state index is 12.6. The Labute approximate surface area is 190 Å². The number of hydrogen-bond donors (Lipinski definition) is 1. The minimum atomic E-state index is -0.0869. The van der Waals surface area contributed by atoms with Crippen molar-refractivity contribution in [1.82, 2.24) is 25.3 Å². The molecule has 2 aliphatic rings. The highest BCUT2D eigenvalue weighted by Gasteiger charge is 2.27. The number of halogens is 2. The fourth-order valence-corrected chi connectivity index (χ4v) is 4.60. The number of likely N-dealkylation sites (tertiary alicyclic amines) is 2. The third-order valence-corrected chi connectivity index (χ3v) is 6.28. The smallest absolute Gasteiger partial charge is 0.241 e. The van der Waals surface area contributed by atoms with Crippen molar-refractivity contribution in [3.8, 4) is 11.4 Å². The summed E-state index contributed by atoms with van der Waals surface area (Å²) in [7, 11) is 0. The molecule has 0 aliphatic carbocycles. The second kappa shape index (κ2) is 9.97. The Morgan fingerprint density at radius 1 is 1.26 bits per heavy atom. The highest BCUT2D eigenvalue weighted by molar-refractivity contribution is 6.36. The maximum Gasteiger partial charge on any atom is 0.241 e. The van der Waals surface area contributed by atoms with Crippen LogP contribution in [0.5, 0.6) is 0 Å². The van der Waals surface area contributed by atoms with Gasteiger partial charge in [0.05, 0.1) is 17.5 Å². The first kappa shape index (κ1) is 22.0. The number of carbonyl (C=O) groups is 2. The molecule has 1 N–H and O–H groups in total. The Balaban J connectivity index is 1.28. The Morgan fingerprint density at radius 2 is 2.13 bits per heavy atom. The Hall–Kier alpha value is -2.16. The lowest BCUT2D eigenvalue weighted by Crippen LogP contribution is -2.44. The number of amides is 2. The Morgan fingerprint density at radius 3 is 2.90 bits per heavy atom. The first-order valence-electron chi connectivity index (χ1n) is 10.6. The molecule has 8 nitrogen and oxygen atoms in total. The van der Waals surface area contributed by atoms with E-state index in [2.05, 4.69) is 20.4 Å². The average molecular weight is 466 g/mol. The largest absolute Gasteiger partial charge is 0.354 e. The molecule has 2 fully saturated rings. The van der Waals surface area contributed by atoms with Crippen LogP contribution in [-0.4, -0.2) is 64.5 Å². The predicted octanol–water partition coefficient (Wildman–Crippen LogP) is 2.99. The molecule has 2 aliphatic heterocycles. The Bertz CT molecular complexity index is 951. The first-order valence-corrected chi connectivity index (χ1v) is 11.3. The van der Waals surface area contributed by atoms with Crippen molar-refractivity contribution in [3.63, 3.8) is 0 Å². The highest BCUT2D eigenvalue weighted by atomic mass is 35.5. The number of aromatic nitrogens is 2. The molecule has 2 saturated heterocycles. The van der Waals surface area contributed by atoms with Gasteiger partial charge in [-0.1, -0.05) is 28.4 Å². The van der Waals surface area contributed by atoms with Crippen LogP contribution >= 0.6 is 23.2 Å². The van der Waals surface area contributed by atoms with Crippen molar-refractivity contribution >= 4 is 35.0 Å². The molecule has 2 aromatic rings. The van der Waals surface area contributed by atoms with Gasteiger partial charge in [-0.3, -0.25) is 14.5 Å². The summed E-state index contributed by atoms with van der Waals surface area (Å²) in [5, 5.41) is 8.02. The van der Waals surface area contributed by atoms with Gasteiger partial charge in [-0.2, -0.15) is 4.98 Å². The number of rotatable bonds is 7. The zero-order valence-corrected chi connectivity index (χ0v) is 18.7. The van der Waals surface area contributed by atoms with Crippen LogP contribution in [0.1, 0.15) is 31.6 Å². The van der Waals surface area contributed by atoms with E-state index in [9.17, 15) is 9.59 Å². The topological polar surface area (TPSA) is 91.6 Å². The van der Waals surface area contributed by atoms with Crippen LogP contribution in [0.3, 0.4) is 0 Å². The highest BCUT2D eigenvalue weighted by Crippen LogP contribution is 2.28. The van der Waals surface area contributed by atoms with E-state index in [1.54, 1.807) is 18.2 Å². The normalized spacial score (nSPS) is 19.7. The maximum atomic E-state index is 12.6. The van der Waals surface area contributed by atoms with Crippen LogP contribution in [0.2, 0.25) is 10.0 Å². The van der Waals surface area contributed by atoms with Gasteiger partial charge in [-0.05, 0) is 44.0 Å². The zero-order chi connectivity index (χ0) is 21.8. The molecule has 166 valence electrons. The van der Waals surface area contributed by atoms with Crippen LogP contribution in [0.25, 0.3) is 11.4 Å². The van der Waals surface area contributed by atoms with Gasteiger partial charge in [0.2, 0.25) is 23.5 Å². The van der Waals surface area contributed by atoms with Gasteiger partial charge in [0.15, 0.2) is 0 Å². The van der Waals surface area contributed by atoms with E-state index in [1.165, 1.54) is 0 Å². The molecule has 0 saturated carbocycles. The minimum absolute atomic E-state index is 0.0375. The van der Waals surface area contributed by atoms with Gasteiger partial charge in [0.1, 0.15) is 0 Å². The number of nitrogens with zero attached hydrogens (tertiary/aromatic N) is 4. The summed E-state index contributed by atoms with van der Waals surface area (Å²) in [5.74, 6) is 1.03. The number of benzene rings is 1. The number of hydrogen-bond acceptors (Lipinski definition) is 6. The van der Waals surface area contributed by atoms with Crippen LogP contribution in [-0.2, 0) is 16.1 Å². The molecule has 0 bridgehead atoms. The molecular weight excluding hydrogens is 441 g/mol. The zero-order valence-electron chi connectivity index (χ0n) is 17.1. The van der Waals surface area contributed by atoms with E-state index in [0.29, 0.717) is 59.9 Å². The fraction of sp³-hybridized carbons (Fsp3) is 0.524. The van der Waals surface area contributed by atoms with E-state index in [-0.39, 0.29) is 17.7 Å². The summed E-state index contributed by atoms with van der Waals surface area (Å²) in [6.45, 7) is 3.85. The van der Waals surface area contributed by atoms with Gasteiger partial charge in [-0.25, -0.2) is 0 Å². The van der Waals surface area contributed by atoms with Gasteiger partial charge < -0.3 is 14.7 Å². The summed E-state index contributed by atoms with van der Waals surface area (Å²) in [5.41, 5.74) is 0.661. The van der Waals surface area contributed by atoms with Gasteiger partial charge >= 0.3 is 0 Å². The van der Waals surface area contributed by atoms with Crippen LogP contribution in [0.15, 0.2) is 22.7 Å². The van der Waals surface area contributed by atoms with Crippen LogP contribution < -0.4 is 5.32 Å². The van der Waals surface area contributed by atoms with E-state index in [0.717, 1.165) is 32.4 Å². The van der Waals surface area contributed by atoms with E-state index < -0.39 is 0 Å². The lowest BCUT2D eigenvalue weighted by Gasteiger charge is -2.31. The van der Waals surface area contributed by atoms with Crippen molar-refractivity contribution in [1.29, 1.82) is 0 Å². The second-order valence-corrected chi connectivity index (χ2v) is 8.83. The standard InChI is InChI=1S/C21H25Cl2N5O3/c22-15-5-6-16(17(23)11-15)20-25-18(31-26-20)13-27-8-1-3-14(12-27)21(30)24-7-10-28-9-2-4-19(28)29/h5-6,11,14H,1-4,7-10,12-13H2,(H,24,30). The molecule has 10 heteroatoms. The number of nitrogens with one attached hydrogen (secondary N) is 1. The lowest BCUT2D eigenvalue weighted by atomic mass is 9.97. The van der Waals surface area contributed by atoms with Crippen molar-refractivity contribution < 1.29 is 14.1 Å². The van der Waals surface area contributed by atoms with Gasteiger partial charge in [0.25, 0.3) is 0 Å². The number of piperidine rings is 1. The number of carbonyl (C=O) groups excluding carboxylic acids is 2. The van der Waals surface area contributed by atoms with Gasteiger partial charge in [-0.15, -0.1) is 0 Å². The predicted molar refractivity (Wildman–Crippen MR) is 117 cm³/mol. The third kappa shape index (κ3) is 5.56. The van der Waals surface area contributed by atoms with Crippen molar-refractivity contribution in [2.45, 2.75) is 32.2 Å². The molecule has 1 aromatic carbocycles. The molecular formula is C21H25Cl2N5O3. The molecule has 0 spiro atoms. The Kier molecular flexibility index (Phi) is 7.09. The molecule has 1 aromatic heterocycles. The van der Waals surface area contributed by atoms with Crippen LogP contribution in [0.4, 0.5) is 0 Å². The molecule has 2 amide bonds. The summed E-state index contributed by atoms with van der Waals surface area (Å²) in [6.07, 6.45) is 3.30. The van der Waals surface area contributed by atoms with Crippen molar-refractivity contribution in [2.24, 2.45) is 5.92 Å². The summed E-state index contributed by atoms with van der Waals surface area (Å²) < 4.78 is 5.40. The van der Waals surface area contributed by atoms with E-state index in [1.807, 2.05) is 4.90 Å². The molecule has 31 heavy (non-hydrogen) atoms. The first-order chi connectivity index (χ1) is 15.0. The average Bonchev–Trinajstić information content (AvgIpc) is 3.37. The molecule has 1 atom stereocenters. The summed E-state index contributed by atoms with van der Waals surface area (Å²) in [6, 6.07) is 5.13. The SMILES string of the molecule is O=C(NCCN1CCCC1=O)C1CCCN(Cc2nc(-c3ccc(Cl)cc3Cl)no2)C1. The van der Waals surface area contributed by atoms with E-state index >= 15 is 0 Å². The molecule has 1 unspecified atom stereocenters. The van der Waals surface area contributed by atoms with Crippen molar-refractivity contribution in [3.05, 3.63) is 34.1 Å². The van der Waals surface area contributed by atoms with Crippen LogP contribution in [0, 0.1) is 5.92 Å².